The van der Waals surface area contributed by atoms with Crippen molar-refractivity contribution in [2.24, 2.45) is 0 Å². The first-order valence-electron chi connectivity index (χ1n) is 7.00. The standard InChI is InChI=1S/C16H15N3O4/c1-8-11-6-4-5-7-12(11)22-14(8)16(21)18-17-15(20)13-9(2)19-23-10(13)3/h4-7H,1-3H3,(H,17,20)(H,18,21). The summed E-state index contributed by atoms with van der Waals surface area (Å²) >= 11 is 0. The molecule has 2 aromatic heterocycles. The number of hydrogen-bond acceptors (Lipinski definition) is 5. The number of nitrogens with zero attached hydrogens (tertiary/aromatic N) is 1. The number of carbonyl (C=O) groups excluding carboxylic acids is 2. The van der Waals surface area contributed by atoms with Gasteiger partial charge in [-0.15, -0.1) is 0 Å². The Morgan fingerprint density at radius 3 is 2.39 bits per heavy atom. The van der Waals surface area contributed by atoms with Crippen molar-refractivity contribution in [1.29, 1.82) is 0 Å². The lowest BCUT2D eigenvalue weighted by Crippen LogP contribution is -2.42. The molecule has 2 amide bonds. The van der Waals surface area contributed by atoms with E-state index in [-0.39, 0.29) is 5.76 Å². The van der Waals surface area contributed by atoms with Crippen molar-refractivity contribution in [3.05, 3.63) is 52.6 Å². The van der Waals surface area contributed by atoms with Gasteiger partial charge in [0.25, 0.3) is 5.91 Å². The third-order valence-corrected chi connectivity index (χ3v) is 3.60. The fraction of sp³-hybridized carbons (Fsp3) is 0.188. The van der Waals surface area contributed by atoms with Crippen molar-refractivity contribution < 1.29 is 18.5 Å². The maximum Gasteiger partial charge on any atom is 0.305 e. The van der Waals surface area contributed by atoms with E-state index in [2.05, 4.69) is 16.0 Å². The predicted molar refractivity (Wildman–Crippen MR) is 81.9 cm³/mol. The van der Waals surface area contributed by atoms with Gasteiger partial charge >= 0.3 is 5.91 Å². The fourth-order valence-corrected chi connectivity index (χ4v) is 2.43. The van der Waals surface area contributed by atoms with E-state index < -0.39 is 11.8 Å². The number of aromatic nitrogens is 1. The summed E-state index contributed by atoms with van der Waals surface area (Å²) in [5.41, 5.74) is 6.76. The minimum atomic E-state index is -0.529. The number of nitrogens with one attached hydrogen (secondary N) is 2. The highest BCUT2D eigenvalue weighted by atomic mass is 16.5. The summed E-state index contributed by atoms with van der Waals surface area (Å²) in [6.07, 6.45) is 0. The third-order valence-electron chi connectivity index (χ3n) is 3.60. The molecule has 0 aliphatic heterocycles. The first kappa shape index (κ1) is 14.8. The first-order valence-corrected chi connectivity index (χ1v) is 7.00. The molecule has 0 fully saturated rings. The van der Waals surface area contributed by atoms with E-state index in [1.54, 1.807) is 26.8 Å². The molecule has 3 aromatic rings. The number of aryl methyl sites for hydroxylation is 3. The molecule has 0 spiro atoms. The minimum Gasteiger partial charge on any atom is -0.451 e. The van der Waals surface area contributed by atoms with Crippen LogP contribution in [0.4, 0.5) is 0 Å². The van der Waals surface area contributed by atoms with E-state index in [9.17, 15) is 9.59 Å². The molecule has 118 valence electrons. The topological polar surface area (TPSA) is 97.4 Å². The highest BCUT2D eigenvalue weighted by Crippen LogP contribution is 2.24. The summed E-state index contributed by atoms with van der Waals surface area (Å²) in [7, 11) is 0. The molecule has 2 heterocycles. The number of para-hydroxylation sites is 1. The molecule has 1 aromatic carbocycles. The highest BCUT2D eigenvalue weighted by Gasteiger charge is 2.21. The summed E-state index contributed by atoms with van der Waals surface area (Å²) in [6.45, 7) is 5.06. The van der Waals surface area contributed by atoms with Crippen molar-refractivity contribution in [3.63, 3.8) is 0 Å². The molecule has 7 heteroatoms. The molecular formula is C16H15N3O4. The van der Waals surface area contributed by atoms with Gasteiger partial charge in [0.1, 0.15) is 16.9 Å². The molecule has 0 unspecified atom stereocenters. The smallest absolute Gasteiger partial charge is 0.305 e. The molecule has 23 heavy (non-hydrogen) atoms. The number of carbonyl (C=O) groups is 2. The Bertz CT molecular complexity index is 888. The number of rotatable bonds is 2. The first-order chi connectivity index (χ1) is 11.0. The second-order valence-electron chi connectivity index (χ2n) is 5.16. The summed E-state index contributed by atoms with van der Waals surface area (Å²) in [4.78, 5) is 24.3. The van der Waals surface area contributed by atoms with E-state index in [4.69, 9.17) is 8.94 Å². The van der Waals surface area contributed by atoms with Gasteiger partial charge in [-0.25, -0.2) is 0 Å². The molecule has 0 aliphatic rings. The zero-order valence-corrected chi connectivity index (χ0v) is 12.9. The molecule has 0 atom stereocenters. The van der Waals surface area contributed by atoms with Gasteiger partial charge < -0.3 is 8.94 Å². The van der Waals surface area contributed by atoms with E-state index in [1.165, 1.54) is 0 Å². The lowest BCUT2D eigenvalue weighted by molar-refractivity contribution is 0.0830. The van der Waals surface area contributed by atoms with E-state index in [1.807, 2.05) is 18.2 Å². The van der Waals surface area contributed by atoms with Gasteiger partial charge in [-0.3, -0.25) is 20.4 Å². The molecule has 7 nitrogen and oxygen atoms in total. The van der Waals surface area contributed by atoms with Crippen molar-refractivity contribution >= 4 is 22.8 Å². The molecule has 0 bridgehead atoms. The zero-order valence-electron chi connectivity index (χ0n) is 12.9. The van der Waals surface area contributed by atoms with Crippen LogP contribution in [0, 0.1) is 20.8 Å². The monoisotopic (exact) mass is 313 g/mol. The summed E-state index contributed by atoms with van der Waals surface area (Å²) in [6, 6.07) is 7.34. The summed E-state index contributed by atoms with van der Waals surface area (Å²) in [5.74, 6) is -0.485. The number of furan rings is 1. The van der Waals surface area contributed by atoms with Crippen molar-refractivity contribution in [3.8, 4) is 0 Å². The Kier molecular flexibility index (Phi) is 3.61. The Labute approximate surface area is 131 Å². The van der Waals surface area contributed by atoms with Crippen LogP contribution in [-0.4, -0.2) is 17.0 Å². The number of amides is 2. The maximum atomic E-state index is 12.2. The molecule has 0 radical (unpaired) electrons. The van der Waals surface area contributed by atoms with E-state index in [0.717, 1.165) is 5.39 Å². The van der Waals surface area contributed by atoms with Crippen molar-refractivity contribution in [2.75, 3.05) is 0 Å². The molecule has 0 saturated carbocycles. The van der Waals surface area contributed by atoms with Crippen LogP contribution >= 0.6 is 0 Å². The van der Waals surface area contributed by atoms with Crippen LogP contribution in [0.2, 0.25) is 0 Å². The van der Waals surface area contributed by atoms with E-state index >= 15 is 0 Å². The van der Waals surface area contributed by atoms with Crippen LogP contribution in [0.25, 0.3) is 11.0 Å². The average molecular weight is 313 g/mol. The molecule has 0 saturated heterocycles. The molecule has 0 aliphatic carbocycles. The SMILES string of the molecule is Cc1noc(C)c1C(=O)NNC(=O)c1oc2ccccc2c1C. The fourth-order valence-electron chi connectivity index (χ4n) is 2.43. The van der Waals surface area contributed by atoms with Gasteiger partial charge in [0.2, 0.25) is 0 Å². The Hall–Kier alpha value is -3.09. The van der Waals surface area contributed by atoms with Gasteiger partial charge in [-0.1, -0.05) is 23.4 Å². The lowest BCUT2D eigenvalue weighted by Gasteiger charge is -2.05. The third kappa shape index (κ3) is 2.57. The predicted octanol–water partition coefficient (Wildman–Crippen LogP) is 2.42. The van der Waals surface area contributed by atoms with Crippen LogP contribution in [0.1, 0.15) is 37.9 Å². The van der Waals surface area contributed by atoms with Crippen molar-refractivity contribution in [1.82, 2.24) is 16.0 Å². The van der Waals surface area contributed by atoms with Crippen LogP contribution in [0.3, 0.4) is 0 Å². The molecular weight excluding hydrogens is 298 g/mol. The van der Waals surface area contributed by atoms with Crippen LogP contribution in [-0.2, 0) is 0 Å². The van der Waals surface area contributed by atoms with E-state index in [0.29, 0.717) is 28.2 Å². The Balaban J connectivity index is 1.76. The summed E-state index contributed by atoms with van der Waals surface area (Å²) < 4.78 is 10.5. The van der Waals surface area contributed by atoms with Gasteiger partial charge in [-0.2, -0.15) is 0 Å². The number of fused-ring (bicyclic) bond motifs is 1. The lowest BCUT2D eigenvalue weighted by atomic mass is 10.1. The summed E-state index contributed by atoms with van der Waals surface area (Å²) in [5, 5.41) is 4.55. The van der Waals surface area contributed by atoms with Gasteiger partial charge in [0.05, 0.1) is 5.69 Å². The van der Waals surface area contributed by atoms with Gasteiger partial charge in [-0.05, 0) is 26.8 Å². The maximum absolute atomic E-state index is 12.2. The van der Waals surface area contributed by atoms with Crippen LogP contribution in [0.5, 0.6) is 0 Å². The number of hydrogen-bond donors (Lipinski definition) is 2. The number of hydrazine groups is 1. The van der Waals surface area contributed by atoms with Gasteiger partial charge in [0.15, 0.2) is 5.76 Å². The Morgan fingerprint density at radius 1 is 1.04 bits per heavy atom. The van der Waals surface area contributed by atoms with Crippen LogP contribution < -0.4 is 10.9 Å². The minimum absolute atomic E-state index is 0.158. The highest BCUT2D eigenvalue weighted by molar-refractivity contribution is 6.01. The average Bonchev–Trinajstić information content (AvgIpc) is 3.05. The largest absolute Gasteiger partial charge is 0.451 e. The number of benzene rings is 1. The Morgan fingerprint density at radius 2 is 1.74 bits per heavy atom. The second-order valence-corrected chi connectivity index (χ2v) is 5.16. The zero-order chi connectivity index (χ0) is 16.6. The second kappa shape index (κ2) is 5.60. The molecule has 2 N–H and O–H groups in total. The molecule has 3 rings (SSSR count). The van der Waals surface area contributed by atoms with Gasteiger partial charge in [0, 0.05) is 10.9 Å². The quantitative estimate of drug-likeness (QED) is 0.708. The normalized spacial score (nSPS) is 10.7. The van der Waals surface area contributed by atoms with Crippen molar-refractivity contribution in [2.45, 2.75) is 20.8 Å². The van der Waals surface area contributed by atoms with Crippen LogP contribution in [0.15, 0.2) is 33.2 Å².